The summed E-state index contributed by atoms with van der Waals surface area (Å²) in [6.07, 6.45) is 1.01. The van der Waals surface area contributed by atoms with E-state index in [0.29, 0.717) is 0 Å². The lowest BCUT2D eigenvalue weighted by Gasteiger charge is -2.23. The minimum absolute atomic E-state index is 0.0250. The van der Waals surface area contributed by atoms with Crippen LogP contribution in [0.25, 0.3) is 0 Å². The molecule has 0 heterocycles. The van der Waals surface area contributed by atoms with Gasteiger partial charge in [0.05, 0.1) is 6.04 Å². The molecule has 0 aliphatic heterocycles. The maximum atomic E-state index is 12.2. The fourth-order valence-electron chi connectivity index (χ4n) is 2.91. The quantitative estimate of drug-likeness (QED) is 0.684. The first-order valence-corrected chi connectivity index (χ1v) is 9.58. The molecule has 4 heteroatoms. The van der Waals surface area contributed by atoms with Crippen LogP contribution in [0.15, 0.2) is 42.5 Å². The Morgan fingerprint density at radius 3 is 2.37 bits per heavy atom. The molecule has 1 unspecified atom stereocenters. The Hall–Kier alpha value is -2.49. The number of amides is 2. The lowest BCUT2D eigenvalue weighted by atomic mass is 9.85. The number of rotatable bonds is 6. The van der Waals surface area contributed by atoms with Crippen molar-refractivity contribution < 1.29 is 9.53 Å². The van der Waals surface area contributed by atoms with Crippen LogP contribution < -0.4 is 15.4 Å². The summed E-state index contributed by atoms with van der Waals surface area (Å²) < 4.78 is 5.83. The summed E-state index contributed by atoms with van der Waals surface area (Å²) in [6, 6.07) is 14.1. The molecule has 0 saturated carbocycles. The number of hydrogen-bond donors (Lipinski definition) is 2. The minimum Gasteiger partial charge on any atom is -0.473 e. The van der Waals surface area contributed by atoms with Gasteiger partial charge < -0.3 is 15.4 Å². The Morgan fingerprint density at radius 2 is 1.78 bits per heavy atom. The standard InChI is InChI=1S/C23H32N2O2/c1-7-18-9-11-19(12-10-18)17(3)25-22(26)24-15-27-21-13-8-16(2)14-20(21)23(4,5)6/h8-14,17H,7,15H2,1-6H3,(H2,24,25,26). The van der Waals surface area contributed by atoms with E-state index in [1.807, 2.05) is 19.1 Å². The van der Waals surface area contributed by atoms with E-state index in [1.165, 1.54) is 11.1 Å². The largest absolute Gasteiger partial charge is 0.473 e. The molecule has 0 fully saturated rings. The molecular weight excluding hydrogens is 336 g/mol. The van der Waals surface area contributed by atoms with Crippen molar-refractivity contribution in [3.05, 3.63) is 64.7 Å². The van der Waals surface area contributed by atoms with Crippen molar-refractivity contribution in [1.82, 2.24) is 10.6 Å². The lowest BCUT2D eigenvalue weighted by Crippen LogP contribution is -2.39. The van der Waals surface area contributed by atoms with Gasteiger partial charge in [0.2, 0.25) is 0 Å². The summed E-state index contributed by atoms with van der Waals surface area (Å²) >= 11 is 0. The van der Waals surface area contributed by atoms with Crippen molar-refractivity contribution in [3.8, 4) is 5.75 Å². The van der Waals surface area contributed by atoms with Crippen LogP contribution in [-0.4, -0.2) is 12.8 Å². The highest BCUT2D eigenvalue weighted by Gasteiger charge is 2.19. The van der Waals surface area contributed by atoms with Crippen LogP contribution in [-0.2, 0) is 11.8 Å². The van der Waals surface area contributed by atoms with Crippen molar-refractivity contribution in [3.63, 3.8) is 0 Å². The SMILES string of the molecule is CCc1ccc(C(C)NC(=O)NCOc2ccc(C)cc2C(C)(C)C)cc1. The third-order valence-electron chi connectivity index (χ3n) is 4.64. The van der Waals surface area contributed by atoms with Crippen molar-refractivity contribution in [1.29, 1.82) is 0 Å². The van der Waals surface area contributed by atoms with Gasteiger partial charge in [-0.05, 0) is 48.4 Å². The first-order valence-electron chi connectivity index (χ1n) is 9.58. The molecular formula is C23H32N2O2. The molecule has 0 saturated heterocycles. The number of carbonyl (C=O) groups is 1. The van der Waals surface area contributed by atoms with E-state index in [4.69, 9.17) is 4.74 Å². The summed E-state index contributed by atoms with van der Waals surface area (Å²) in [5.74, 6) is 0.802. The first kappa shape index (κ1) is 20.8. The molecule has 2 rings (SSSR count). The zero-order valence-electron chi connectivity index (χ0n) is 17.3. The van der Waals surface area contributed by atoms with E-state index in [9.17, 15) is 4.79 Å². The molecule has 146 valence electrons. The van der Waals surface area contributed by atoms with Crippen LogP contribution in [0.1, 0.15) is 62.9 Å². The fourth-order valence-corrected chi connectivity index (χ4v) is 2.91. The second-order valence-electron chi connectivity index (χ2n) is 8.01. The average Bonchev–Trinajstić information content (AvgIpc) is 2.62. The van der Waals surface area contributed by atoms with Gasteiger partial charge in [-0.1, -0.05) is 69.7 Å². The summed E-state index contributed by atoms with van der Waals surface area (Å²) in [7, 11) is 0. The highest BCUT2D eigenvalue weighted by molar-refractivity contribution is 5.74. The molecule has 2 aromatic carbocycles. The average molecular weight is 369 g/mol. The molecule has 0 bridgehead atoms. The molecule has 0 aliphatic rings. The summed E-state index contributed by atoms with van der Waals surface area (Å²) in [4.78, 5) is 12.2. The lowest BCUT2D eigenvalue weighted by molar-refractivity contribution is 0.220. The second-order valence-corrected chi connectivity index (χ2v) is 8.01. The van der Waals surface area contributed by atoms with E-state index >= 15 is 0 Å². The van der Waals surface area contributed by atoms with Crippen molar-refractivity contribution in [2.45, 2.75) is 59.4 Å². The van der Waals surface area contributed by atoms with Crippen LogP contribution in [0.3, 0.4) is 0 Å². The van der Waals surface area contributed by atoms with Crippen molar-refractivity contribution >= 4 is 6.03 Å². The molecule has 2 N–H and O–H groups in total. The Kier molecular flexibility index (Phi) is 6.89. The van der Waals surface area contributed by atoms with Gasteiger partial charge in [0.15, 0.2) is 6.73 Å². The van der Waals surface area contributed by atoms with Gasteiger partial charge in [0.25, 0.3) is 0 Å². The van der Waals surface area contributed by atoms with E-state index in [-0.39, 0.29) is 24.2 Å². The van der Waals surface area contributed by atoms with Gasteiger partial charge in [0, 0.05) is 0 Å². The van der Waals surface area contributed by atoms with E-state index < -0.39 is 0 Å². The topological polar surface area (TPSA) is 50.4 Å². The predicted octanol–water partition coefficient (Wildman–Crippen LogP) is 5.25. The molecule has 0 radical (unpaired) electrons. The molecule has 27 heavy (non-hydrogen) atoms. The maximum Gasteiger partial charge on any atom is 0.317 e. The molecule has 1 atom stereocenters. The predicted molar refractivity (Wildman–Crippen MR) is 111 cm³/mol. The molecule has 2 aromatic rings. The van der Waals surface area contributed by atoms with Gasteiger partial charge in [-0.3, -0.25) is 0 Å². The third-order valence-corrected chi connectivity index (χ3v) is 4.64. The second kappa shape index (κ2) is 8.94. The Bertz CT molecular complexity index is 761. The number of nitrogens with one attached hydrogen (secondary N) is 2. The zero-order chi connectivity index (χ0) is 20.0. The smallest absolute Gasteiger partial charge is 0.317 e. The van der Waals surface area contributed by atoms with Crippen LogP contribution in [0.2, 0.25) is 0 Å². The van der Waals surface area contributed by atoms with Crippen molar-refractivity contribution in [2.24, 2.45) is 0 Å². The number of benzene rings is 2. The van der Waals surface area contributed by atoms with Gasteiger partial charge >= 0.3 is 6.03 Å². The Morgan fingerprint density at radius 1 is 1.11 bits per heavy atom. The van der Waals surface area contributed by atoms with Crippen molar-refractivity contribution in [2.75, 3.05) is 6.73 Å². The van der Waals surface area contributed by atoms with Gasteiger partial charge in [0.1, 0.15) is 5.75 Å². The minimum atomic E-state index is -0.244. The van der Waals surface area contributed by atoms with Crippen LogP contribution in [0.4, 0.5) is 4.79 Å². The Labute approximate surface area is 163 Å². The van der Waals surface area contributed by atoms with E-state index in [0.717, 1.165) is 23.3 Å². The van der Waals surface area contributed by atoms with Gasteiger partial charge in [-0.25, -0.2) is 4.79 Å². The fraction of sp³-hybridized carbons (Fsp3) is 0.435. The third kappa shape index (κ3) is 6.02. The molecule has 0 spiro atoms. The van der Waals surface area contributed by atoms with Crippen LogP contribution in [0, 0.1) is 6.92 Å². The molecule has 2 amide bonds. The number of urea groups is 1. The number of carbonyl (C=O) groups excluding carboxylic acids is 1. The number of hydrogen-bond acceptors (Lipinski definition) is 2. The van der Waals surface area contributed by atoms with Gasteiger partial charge in [-0.15, -0.1) is 0 Å². The normalized spacial score (nSPS) is 12.4. The van der Waals surface area contributed by atoms with Crippen LogP contribution >= 0.6 is 0 Å². The molecule has 0 aromatic heterocycles. The van der Waals surface area contributed by atoms with Gasteiger partial charge in [-0.2, -0.15) is 0 Å². The summed E-state index contributed by atoms with van der Waals surface area (Å²) in [5, 5.41) is 5.72. The number of ether oxygens (including phenoxy) is 1. The Balaban J connectivity index is 1.89. The highest BCUT2D eigenvalue weighted by Crippen LogP contribution is 2.31. The van der Waals surface area contributed by atoms with E-state index in [2.05, 4.69) is 75.6 Å². The summed E-state index contributed by atoms with van der Waals surface area (Å²) in [6.45, 7) is 12.8. The summed E-state index contributed by atoms with van der Waals surface area (Å²) in [5.41, 5.74) is 4.67. The molecule has 0 aliphatic carbocycles. The monoisotopic (exact) mass is 368 g/mol. The highest BCUT2D eigenvalue weighted by atomic mass is 16.5. The first-order chi connectivity index (χ1) is 12.7. The van der Waals surface area contributed by atoms with E-state index in [1.54, 1.807) is 0 Å². The zero-order valence-corrected chi connectivity index (χ0v) is 17.3. The molecule has 4 nitrogen and oxygen atoms in total. The van der Waals surface area contributed by atoms with Crippen LogP contribution in [0.5, 0.6) is 5.75 Å². The maximum absolute atomic E-state index is 12.2. The number of aryl methyl sites for hydroxylation is 2.